The number of carbonyl (C=O) groups is 2. The number of nitrogens with zero attached hydrogens (tertiary/aromatic N) is 2. The first-order valence-electron chi connectivity index (χ1n) is 8.98. The molecular weight excluding hydrogens is 360 g/mol. The number of imidazole rings is 1. The second-order valence-corrected chi connectivity index (χ2v) is 6.45. The molecule has 0 atom stereocenters. The number of aromatic nitrogens is 2. The van der Waals surface area contributed by atoms with Gasteiger partial charge in [0.2, 0.25) is 18.6 Å². The smallest absolute Gasteiger partial charge is 0.244 e. The van der Waals surface area contributed by atoms with Crippen molar-refractivity contribution in [3.63, 3.8) is 0 Å². The zero-order chi connectivity index (χ0) is 19.5. The summed E-state index contributed by atoms with van der Waals surface area (Å²) in [4.78, 5) is 28.4. The van der Waals surface area contributed by atoms with Crippen LogP contribution in [0.2, 0.25) is 0 Å². The number of para-hydroxylation sites is 2. The number of nitrogens with one attached hydrogen (secondary N) is 2. The average Bonchev–Trinajstić information content (AvgIpc) is 3.26. The Hall–Kier alpha value is -3.55. The largest absolute Gasteiger partial charge is 0.454 e. The van der Waals surface area contributed by atoms with E-state index in [1.165, 1.54) is 6.92 Å². The molecule has 0 fully saturated rings. The zero-order valence-corrected chi connectivity index (χ0v) is 15.4. The molecule has 1 aliphatic heterocycles. The number of hydrogen-bond acceptors (Lipinski definition) is 5. The minimum absolute atomic E-state index is 0.0942. The minimum Gasteiger partial charge on any atom is -0.454 e. The first-order valence-corrected chi connectivity index (χ1v) is 8.98. The first kappa shape index (κ1) is 17.8. The highest BCUT2D eigenvalue weighted by molar-refractivity contribution is 5.92. The number of amides is 2. The highest BCUT2D eigenvalue weighted by atomic mass is 16.7. The summed E-state index contributed by atoms with van der Waals surface area (Å²) >= 11 is 0. The molecule has 4 rings (SSSR count). The van der Waals surface area contributed by atoms with Gasteiger partial charge in [-0.2, -0.15) is 0 Å². The van der Waals surface area contributed by atoms with E-state index >= 15 is 0 Å². The number of ether oxygens (including phenoxy) is 2. The van der Waals surface area contributed by atoms with Gasteiger partial charge in [0.1, 0.15) is 12.4 Å². The van der Waals surface area contributed by atoms with Gasteiger partial charge in [-0.15, -0.1) is 0 Å². The molecule has 0 radical (unpaired) electrons. The Bertz CT molecular complexity index is 1040. The van der Waals surface area contributed by atoms with Gasteiger partial charge >= 0.3 is 0 Å². The van der Waals surface area contributed by atoms with Gasteiger partial charge in [-0.25, -0.2) is 4.98 Å². The summed E-state index contributed by atoms with van der Waals surface area (Å²) in [5.74, 6) is 1.75. The number of anilines is 1. The first-order chi connectivity index (χ1) is 13.6. The van der Waals surface area contributed by atoms with E-state index < -0.39 is 0 Å². The van der Waals surface area contributed by atoms with Crippen LogP contribution >= 0.6 is 0 Å². The molecule has 0 unspecified atom stereocenters. The van der Waals surface area contributed by atoms with E-state index in [-0.39, 0.29) is 25.2 Å². The fraction of sp³-hybridized carbons (Fsp3) is 0.250. The molecule has 28 heavy (non-hydrogen) atoms. The van der Waals surface area contributed by atoms with Crippen LogP contribution in [-0.4, -0.2) is 34.7 Å². The topological polar surface area (TPSA) is 94.5 Å². The van der Waals surface area contributed by atoms with E-state index in [2.05, 4.69) is 15.6 Å². The Morgan fingerprint density at radius 2 is 1.96 bits per heavy atom. The standard InChI is InChI=1S/C20H20N4O4/c1-13(25)21-9-8-19-23-15-4-2-3-5-16(15)24(19)11-20(26)22-14-6-7-17-18(10-14)28-12-27-17/h2-7,10H,8-9,11-12H2,1H3,(H,21,25)(H,22,26). The van der Waals surface area contributed by atoms with Crippen LogP contribution in [0.3, 0.4) is 0 Å². The quantitative estimate of drug-likeness (QED) is 0.683. The van der Waals surface area contributed by atoms with Gasteiger partial charge in [-0.3, -0.25) is 9.59 Å². The molecule has 1 aliphatic rings. The Morgan fingerprint density at radius 1 is 1.14 bits per heavy atom. The highest BCUT2D eigenvalue weighted by Gasteiger charge is 2.16. The summed E-state index contributed by atoms with van der Waals surface area (Å²) in [5, 5.41) is 5.65. The molecular formula is C20H20N4O4. The lowest BCUT2D eigenvalue weighted by atomic mass is 10.2. The van der Waals surface area contributed by atoms with Crippen LogP contribution in [0.5, 0.6) is 11.5 Å². The summed E-state index contributed by atoms with van der Waals surface area (Å²) in [6.45, 7) is 2.24. The van der Waals surface area contributed by atoms with Gasteiger partial charge in [-0.05, 0) is 24.3 Å². The summed E-state index contributed by atoms with van der Waals surface area (Å²) in [6, 6.07) is 12.9. The van der Waals surface area contributed by atoms with E-state index in [1.54, 1.807) is 18.2 Å². The van der Waals surface area contributed by atoms with Crippen molar-refractivity contribution in [2.45, 2.75) is 19.9 Å². The lowest BCUT2D eigenvalue weighted by molar-refractivity contribution is -0.119. The molecule has 1 aromatic heterocycles. The molecule has 0 aliphatic carbocycles. The van der Waals surface area contributed by atoms with Gasteiger partial charge in [0.05, 0.1) is 11.0 Å². The third kappa shape index (κ3) is 3.75. The number of fused-ring (bicyclic) bond motifs is 2. The molecule has 2 aromatic carbocycles. The van der Waals surface area contributed by atoms with E-state index in [0.29, 0.717) is 30.2 Å². The second kappa shape index (κ2) is 7.59. The lowest BCUT2D eigenvalue weighted by Gasteiger charge is -2.11. The van der Waals surface area contributed by atoms with E-state index in [4.69, 9.17) is 9.47 Å². The zero-order valence-electron chi connectivity index (χ0n) is 15.4. The molecule has 0 saturated heterocycles. The van der Waals surface area contributed by atoms with E-state index in [1.807, 2.05) is 28.8 Å². The van der Waals surface area contributed by atoms with Crippen molar-refractivity contribution in [1.82, 2.24) is 14.9 Å². The van der Waals surface area contributed by atoms with Crippen molar-refractivity contribution in [3.8, 4) is 11.5 Å². The van der Waals surface area contributed by atoms with Crippen LogP contribution in [0.15, 0.2) is 42.5 Å². The fourth-order valence-corrected chi connectivity index (χ4v) is 3.16. The maximum absolute atomic E-state index is 12.7. The molecule has 0 saturated carbocycles. The van der Waals surface area contributed by atoms with E-state index in [0.717, 1.165) is 16.9 Å². The maximum atomic E-state index is 12.7. The van der Waals surface area contributed by atoms with Crippen molar-refractivity contribution in [2.24, 2.45) is 0 Å². The third-order valence-electron chi connectivity index (χ3n) is 4.41. The lowest BCUT2D eigenvalue weighted by Crippen LogP contribution is -2.25. The monoisotopic (exact) mass is 380 g/mol. The fourth-order valence-electron chi connectivity index (χ4n) is 3.16. The second-order valence-electron chi connectivity index (χ2n) is 6.45. The van der Waals surface area contributed by atoms with Gasteiger partial charge in [-0.1, -0.05) is 12.1 Å². The van der Waals surface area contributed by atoms with Crippen molar-refractivity contribution < 1.29 is 19.1 Å². The Morgan fingerprint density at radius 3 is 2.82 bits per heavy atom. The average molecular weight is 380 g/mol. The molecule has 8 heteroatoms. The molecule has 2 heterocycles. The number of hydrogen-bond donors (Lipinski definition) is 2. The Kier molecular flexibility index (Phi) is 4.84. The third-order valence-corrected chi connectivity index (χ3v) is 4.41. The van der Waals surface area contributed by atoms with Gasteiger partial charge in [0.25, 0.3) is 0 Å². The van der Waals surface area contributed by atoms with Crippen LogP contribution < -0.4 is 20.1 Å². The van der Waals surface area contributed by atoms with Crippen molar-refractivity contribution in [3.05, 3.63) is 48.3 Å². The normalized spacial score (nSPS) is 12.2. The number of carbonyl (C=O) groups excluding carboxylic acids is 2. The summed E-state index contributed by atoms with van der Waals surface area (Å²) in [6.07, 6.45) is 0.533. The predicted molar refractivity (Wildman–Crippen MR) is 103 cm³/mol. The molecule has 144 valence electrons. The van der Waals surface area contributed by atoms with Crippen LogP contribution in [0.4, 0.5) is 5.69 Å². The van der Waals surface area contributed by atoms with Crippen LogP contribution in [0, 0.1) is 0 Å². The molecule has 0 spiro atoms. The van der Waals surface area contributed by atoms with Crippen molar-refractivity contribution >= 4 is 28.5 Å². The minimum atomic E-state index is -0.178. The van der Waals surface area contributed by atoms with E-state index in [9.17, 15) is 9.59 Å². The van der Waals surface area contributed by atoms with Gasteiger partial charge in [0, 0.05) is 31.6 Å². The van der Waals surface area contributed by atoms with Crippen LogP contribution in [-0.2, 0) is 22.6 Å². The van der Waals surface area contributed by atoms with Crippen LogP contribution in [0.1, 0.15) is 12.7 Å². The Labute approximate surface area is 161 Å². The molecule has 0 bridgehead atoms. The number of rotatable bonds is 6. The maximum Gasteiger partial charge on any atom is 0.244 e. The highest BCUT2D eigenvalue weighted by Crippen LogP contribution is 2.34. The van der Waals surface area contributed by atoms with Crippen molar-refractivity contribution in [2.75, 3.05) is 18.7 Å². The molecule has 2 amide bonds. The number of benzene rings is 2. The Balaban J connectivity index is 1.52. The summed E-state index contributed by atoms with van der Waals surface area (Å²) in [5.41, 5.74) is 2.33. The summed E-state index contributed by atoms with van der Waals surface area (Å²) < 4.78 is 12.5. The van der Waals surface area contributed by atoms with Crippen LogP contribution in [0.25, 0.3) is 11.0 Å². The molecule has 8 nitrogen and oxygen atoms in total. The molecule has 2 N–H and O–H groups in total. The SMILES string of the molecule is CC(=O)NCCc1nc2ccccc2n1CC(=O)Nc1ccc2c(c1)OCO2. The van der Waals surface area contributed by atoms with Gasteiger partial charge < -0.3 is 24.7 Å². The van der Waals surface area contributed by atoms with Gasteiger partial charge in [0.15, 0.2) is 11.5 Å². The predicted octanol–water partition coefficient (Wildman–Crippen LogP) is 2.08. The molecule has 3 aromatic rings. The van der Waals surface area contributed by atoms with Crippen molar-refractivity contribution in [1.29, 1.82) is 0 Å². The summed E-state index contributed by atoms with van der Waals surface area (Å²) in [7, 11) is 0.